The van der Waals surface area contributed by atoms with Crippen LogP contribution in [0.25, 0.3) is 0 Å². The van der Waals surface area contributed by atoms with Crippen LogP contribution in [-0.2, 0) is 4.79 Å². The summed E-state index contributed by atoms with van der Waals surface area (Å²) in [6, 6.07) is 15.5. The molecule has 2 heterocycles. The van der Waals surface area contributed by atoms with E-state index in [0.29, 0.717) is 11.0 Å². The first-order chi connectivity index (χ1) is 13.5. The van der Waals surface area contributed by atoms with Crippen LogP contribution in [-0.4, -0.2) is 27.8 Å². The summed E-state index contributed by atoms with van der Waals surface area (Å²) < 4.78 is 7.37. The summed E-state index contributed by atoms with van der Waals surface area (Å²) in [6.07, 6.45) is 0.734. The largest absolute Gasteiger partial charge is 0.496 e. The molecule has 0 bridgehead atoms. The van der Waals surface area contributed by atoms with E-state index < -0.39 is 0 Å². The fourth-order valence-electron chi connectivity index (χ4n) is 3.50. The molecule has 28 heavy (non-hydrogen) atoms. The minimum Gasteiger partial charge on any atom is -0.496 e. The Morgan fingerprint density at radius 2 is 2.00 bits per heavy atom. The van der Waals surface area contributed by atoms with E-state index in [0.717, 1.165) is 23.3 Å². The average Bonchev–Trinajstić information content (AvgIpc) is 3.09. The Hall–Kier alpha value is -3.06. The number of hydrogen-bond donors (Lipinski definition) is 2. The van der Waals surface area contributed by atoms with Crippen molar-refractivity contribution in [3.05, 3.63) is 64.7 Å². The Morgan fingerprint density at radius 1 is 1.25 bits per heavy atom. The summed E-state index contributed by atoms with van der Waals surface area (Å²) in [5.74, 6) is 1.43. The highest BCUT2D eigenvalue weighted by atomic mass is 35.5. The Bertz CT molecular complexity index is 1000. The van der Waals surface area contributed by atoms with Crippen molar-refractivity contribution in [1.29, 1.82) is 0 Å². The average molecular weight is 398 g/mol. The molecule has 0 saturated heterocycles. The Kier molecular flexibility index (Phi) is 4.92. The molecular formula is C20H20ClN5O2. The molecule has 0 saturated carbocycles. The van der Waals surface area contributed by atoms with Crippen molar-refractivity contribution in [1.82, 2.24) is 14.8 Å². The Labute approximate surface area is 167 Å². The molecule has 1 aliphatic rings. The zero-order chi connectivity index (χ0) is 19.7. The molecule has 2 aromatic carbocycles. The third-order valence-corrected chi connectivity index (χ3v) is 5.00. The van der Waals surface area contributed by atoms with E-state index in [1.54, 1.807) is 11.8 Å². The van der Waals surface area contributed by atoms with E-state index in [9.17, 15) is 4.79 Å². The van der Waals surface area contributed by atoms with Crippen molar-refractivity contribution in [3.8, 4) is 5.75 Å². The van der Waals surface area contributed by atoms with Crippen LogP contribution < -0.4 is 15.4 Å². The zero-order valence-corrected chi connectivity index (χ0v) is 16.3. The fraction of sp³-hybridized carbons (Fsp3) is 0.250. The summed E-state index contributed by atoms with van der Waals surface area (Å²) in [4.78, 5) is 15.9. The number of carbonyl (C=O) groups excluding carboxylic acids is 1. The lowest BCUT2D eigenvalue weighted by atomic mass is 9.93. The van der Waals surface area contributed by atoms with E-state index in [-0.39, 0.29) is 23.9 Å². The highest BCUT2D eigenvalue weighted by molar-refractivity contribution is 6.30. The minimum atomic E-state index is -0.217. The molecule has 0 spiro atoms. The molecule has 0 fully saturated rings. The first-order valence-electron chi connectivity index (χ1n) is 8.94. The maximum Gasteiger partial charge on any atom is 0.250 e. The number of halogens is 1. The number of aromatic nitrogens is 3. The second kappa shape index (κ2) is 7.52. The second-order valence-corrected chi connectivity index (χ2v) is 7.06. The number of rotatable bonds is 4. The van der Waals surface area contributed by atoms with Gasteiger partial charge in [0, 0.05) is 17.5 Å². The van der Waals surface area contributed by atoms with Gasteiger partial charge in [0.15, 0.2) is 0 Å². The van der Waals surface area contributed by atoms with E-state index in [1.165, 1.54) is 6.92 Å². The molecule has 8 heteroatoms. The zero-order valence-electron chi connectivity index (χ0n) is 15.5. The first kappa shape index (κ1) is 18.3. The molecule has 0 aliphatic carbocycles. The van der Waals surface area contributed by atoms with Crippen LogP contribution in [0.5, 0.6) is 5.75 Å². The molecule has 144 valence electrons. The quantitative estimate of drug-likeness (QED) is 0.694. The number of hydrogen-bond acceptors (Lipinski definition) is 5. The summed E-state index contributed by atoms with van der Waals surface area (Å²) in [5.41, 5.74) is 2.10. The number of anilines is 2. The number of fused-ring (bicyclic) bond motifs is 1. The molecule has 1 aliphatic heterocycles. The van der Waals surface area contributed by atoms with Crippen LogP contribution >= 0.6 is 11.6 Å². The van der Waals surface area contributed by atoms with Crippen LogP contribution in [0.3, 0.4) is 0 Å². The molecule has 4 rings (SSSR count). The monoisotopic (exact) mass is 397 g/mol. The summed E-state index contributed by atoms with van der Waals surface area (Å²) in [6.45, 7) is 1.43. The lowest BCUT2D eigenvalue weighted by Gasteiger charge is -2.32. The molecular weight excluding hydrogens is 378 g/mol. The van der Waals surface area contributed by atoms with Gasteiger partial charge in [0.05, 0.1) is 19.2 Å². The van der Waals surface area contributed by atoms with Crippen molar-refractivity contribution >= 4 is 29.4 Å². The van der Waals surface area contributed by atoms with Gasteiger partial charge in [-0.1, -0.05) is 41.9 Å². The number of nitrogens with one attached hydrogen (secondary N) is 2. The molecule has 0 radical (unpaired) electrons. The molecule has 0 unspecified atom stereocenters. The number of amides is 1. The molecule has 1 amide bonds. The summed E-state index contributed by atoms with van der Waals surface area (Å²) in [5, 5.41) is 11.3. The topological polar surface area (TPSA) is 81.1 Å². The number of para-hydroxylation sites is 1. The van der Waals surface area contributed by atoms with E-state index in [2.05, 4.69) is 20.7 Å². The first-order valence-corrected chi connectivity index (χ1v) is 9.32. The lowest BCUT2D eigenvalue weighted by Crippen LogP contribution is -2.28. The maximum absolute atomic E-state index is 11.4. The van der Waals surface area contributed by atoms with Gasteiger partial charge < -0.3 is 10.1 Å². The van der Waals surface area contributed by atoms with Crippen molar-refractivity contribution in [3.63, 3.8) is 0 Å². The predicted octanol–water partition coefficient (Wildman–Crippen LogP) is 4.04. The van der Waals surface area contributed by atoms with Crippen molar-refractivity contribution in [2.24, 2.45) is 0 Å². The minimum absolute atomic E-state index is 0.00839. The standard InChI is InChI=1S/C20H20ClN5O2/c1-12(27)22-19-24-20-23-16(13-7-9-14(21)10-8-13)11-17(26(20)25-19)15-5-3-4-6-18(15)28-2/h3-10,16-17H,11H2,1-2H3,(H2,22,23,24,25,27)/t16-,17-/m1/s1. The molecule has 3 aromatic rings. The number of benzene rings is 2. The predicted molar refractivity (Wildman–Crippen MR) is 108 cm³/mol. The van der Waals surface area contributed by atoms with Gasteiger partial charge in [-0.25, -0.2) is 4.68 Å². The number of nitrogens with zero attached hydrogens (tertiary/aromatic N) is 3. The smallest absolute Gasteiger partial charge is 0.250 e. The van der Waals surface area contributed by atoms with Crippen LogP contribution in [0.2, 0.25) is 5.02 Å². The lowest BCUT2D eigenvalue weighted by molar-refractivity contribution is -0.114. The normalized spacial score (nSPS) is 18.1. The van der Waals surface area contributed by atoms with Crippen LogP contribution in [0, 0.1) is 0 Å². The highest BCUT2D eigenvalue weighted by Crippen LogP contribution is 2.41. The van der Waals surface area contributed by atoms with Gasteiger partial charge >= 0.3 is 0 Å². The molecule has 2 N–H and O–H groups in total. The van der Waals surface area contributed by atoms with Crippen molar-refractivity contribution in [2.75, 3.05) is 17.7 Å². The number of methoxy groups -OCH3 is 1. The Morgan fingerprint density at radius 3 is 2.71 bits per heavy atom. The van der Waals surface area contributed by atoms with Gasteiger partial charge in [-0.15, -0.1) is 5.10 Å². The fourth-order valence-corrected chi connectivity index (χ4v) is 3.63. The van der Waals surface area contributed by atoms with Gasteiger partial charge in [0.2, 0.25) is 11.9 Å². The molecule has 2 atom stereocenters. The van der Waals surface area contributed by atoms with Gasteiger partial charge in [0.25, 0.3) is 5.95 Å². The molecule has 1 aromatic heterocycles. The van der Waals surface area contributed by atoms with Gasteiger partial charge in [0.1, 0.15) is 5.75 Å². The van der Waals surface area contributed by atoms with E-state index in [4.69, 9.17) is 16.3 Å². The van der Waals surface area contributed by atoms with Gasteiger partial charge in [-0.2, -0.15) is 4.98 Å². The third-order valence-electron chi connectivity index (χ3n) is 4.75. The van der Waals surface area contributed by atoms with Crippen molar-refractivity contribution < 1.29 is 9.53 Å². The highest BCUT2D eigenvalue weighted by Gasteiger charge is 2.32. The van der Waals surface area contributed by atoms with Gasteiger partial charge in [-0.05, 0) is 30.2 Å². The van der Waals surface area contributed by atoms with Crippen LogP contribution in [0.15, 0.2) is 48.5 Å². The summed E-state index contributed by atoms with van der Waals surface area (Å²) in [7, 11) is 1.65. The Balaban J connectivity index is 1.78. The number of ether oxygens (including phenoxy) is 1. The maximum atomic E-state index is 11.4. The summed E-state index contributed by atoms with van der Waals surface area (Å²) >= 11 is 6.04. The van der Waals surface area contributed by atoms with Crippen LogP contribution in [0.4, 0.5) is 11.9 Å². The van der Waals surface area contributed by atoms with E-state index >= 15 is 0 Å². The van der Waals surface area contributed by atoms with E-state index in [1.807, 2.05) is 48.5 Å². The second-order valence-electron chi connectivity index (χ2n) is 6.63. The molecule has 7 nitrogen and oxygen atoms in total. The van der Waals surface area contributed by atoms with Crippen LogP contribution in [0.1, 0.15) is 36.6 Å². The number of carbonyl (C=O) groups is 1. The van der Waals surface area contributed by atoms with Gasteiger partial charge in [-0.3, -0.25) is 10.1 Å². The third kappa shape index (κ3) is 3.53. The SMILES string of the molecule is COc1ccccc1[C@H]1C[C@H](c2ccc(Cl)cc2)Nc2nc(NC(C)=O)nn21. The van der Waals surface area contributed by atoms with Crippen molar-refractivity contribution in [2.45, 2.75) is 25.4 Å².